The molecule has 1 atom stereocenters. The Hall–Kier alpha value is -3.17. The van der Waals surface area contributed by atoms with Crippen LogP contribution in [0.2, 0.25) is 0 Å². The fourth-order valence-corrected chi connectivity index (χ4v) is 7.20. The van der Waals surface area contributed by atoms with Crippen LogP contribution in [0.3, 0.4) is 0 Å². The molecule has 5 aromatic rings. The van der Waals surface area contributed by atoms with Crippen LogP contribution in [0.25, 0.3) is 43.8 Å². The standard InChI is InChI=1S/C23H19N5O2S2/c1-28-19(7-8-26-28)15-12-17(13-5-6-16-18(11-13)25-10-9-24-16)27-22-20(15)21(29)23(31-22)32(30)14-3-2-4-14/h5-12,14,29H,2-4H2,1H3. The molecule has 1 unspecified atom stereocenters. The maximum absolute atomic E-state index is 13.1. The molecule has 1 aliphatic rings. The summed E-state index contributed by atoms with van der Waals surface area (Å²) >= 11 is 1.32. The largest absolute Gasteiger partial charge is 0.505 e. The first-order chi connectivity index (χ1) is 15.6. The molecule has 1 aromatic carbocycles. The van der Waals surface area contributed by atoms with Gasteiger partial charge in [-0.2, -0.15) is 5.10 Å². The van der Waals surface area contributed by atoms with E-state index in [1.165, 1.54) is 11.3 Å². The van der Waals surface area contributed by atoms with Crippen molar-refractivity contribution in [2.75, 3.05) is 0 Å². The predicted octanol–water partition coefficient (Wildman–Crippen LogP) is 4.67. The van der Waals surface area contributed by atoms with E-state index in [2.05, 4.69) is 15.1 Å². The Labute approximate surface area is 190 Å². The van der Waals surface area contributed by atoms with Gasteiger partial charge >= 0.3 is 0 Å². The highest BCUT2D eigenvalue weighted by Crippen LogP contribution is 2.46. The third-order valence-electron chi connectivity index (χ3n) is 6.01. The number of benzene rings is 1. The second kappa shape index (κ2) is 7.46. The lowest BCUT2D eigenvalue weighted by molar-refractivity contribution is 0.468. The molecule has 1 saturated carbocycles. The smallest absolute Gasteiger partial charge is 0.152 e. The van der Waals surface area contributed by atoms with Crippen molar-refractivity contribution >= 4 is 43.4 Å². The van der Waals surface area contributed by atoms with Crippen LogP contribution in [0.4, 0.5) is 0 Å². The molecule has 4 heterocycles. The lowest BCUT2D eigenvalue weighted by atomic mass is 10.0. The summed E-state index contributed by atoms with van der Waals surface area (Å²) in [5.41, 5.74) is 4.93. The summed E-state index contributed by atoms with van der Waals surface area (Å²) in [6.45, 7) is 0. The molecule has 0 saturated heterocycles. The molecule has 0 aliphatic heterocycles. The zero-order valence-electron chi connectivity index (χ0n) is 17.2. The first-order valence-corrected chi connectivity index (χ1v) is 12.4. The molecule has 6 rings (SSSR count). The van der Waals surface area contributed by atoms with E-state index in [0.717, 1.165) is 52.8 Å². The van der Waals surface area contributed by atoms with E-state index in [-0.39, 0.29) is 11.0 Å². The van der Waals surface area contributed by atoms with E-state index in [9.17, 15) is 9.32 Å². The molecule has 9 heteroatoms. The number of rotatable bonds is 4. The summed E-state index contributed by atoms with van der Waals surface area (Å²) in [7, 11) is 0.637. The van der Waals surface area contributed by atoms with Crippen LogP contribution in [-0.4, -0.2) is 39.3 Å². The SMILES string of the molecule is Cn1nccc1-c1cc(-c2ccc3nccnc3c2)nc2sc(S(=O)C3CCC3)c(O)c12. The van der Waals surface area contributed by atoms with Gasteiger partial charge in [-0.1, -0.05) is 12.5 Å². The third kappa shape index (κ3) is 3.03. The van der Waals surface area contributed by atoms with Crippen LogP contribution in [0, 0.1) is 0 Å². The summed E-state index contributed by atoms with van der Waals surface area (Å²) in [4.78, 5) is 14.3. The van der Waals surface area contributed by atoms with E-state index in [4.69, 9.17) is 4.98 Å². The van der Waals surface area contributed by atoms with Gasteiger partial charge in [0.1, 0.15) is 9.04 Å². The van der Waals surface area contributed by atoms with Crippen molar-refractivity contribution in [3.63, 3.8) is 0 Å². The molecule has 0 radical (unpaired) electrons. The number of hydrogen-bond donors (Lipinski definition) is 1. The van der Waals surface area contributed by atoms with Gasteiger partial charge in [0.2, 0.25) is 0 Å². The molecule has 7 nitrogen and oxygen atoms in total. The molecule has 1 aliphatic carbocycles. The number of aromatic nitrogens is 5. The summed E-state index contributed by atoms with van der Waals surface area (Å²) in [6.07, 6.45) is 8.03. The van der Waals surface area contributed by atoms with Gasteiger partial charge in [-0.15, -0.1) is 11.3 Å². The van der Waals surface area contributed by atoms with E-state index in [1.807, 2.05) is 37.4 Å². The molecule has 0 amide bonds. The minimum absolute atomic E-state index is 0.0786. The Bertz CT molecular complexity index is 1520. The van der Waals surface area contributed by atoms with Gasteiger partial charge in [0, 0.05) is 42.0 Å². The summed E-state index contributed by atoms with van der Waals surface area (Å²) in [6, 6.07) is 9.73. The fourth-order valence-electron chi connectivity index (χ4n) is 4.05. The zero-order chi connectivity index (χ0) is 21.8. The van der Waals surface area contributed by atoms with Crippen LogP contribution < -0.4 is 0 Å². The second-order valence-electron chi connectivity index (χ2n) is 7.92. The van der Waals surface area contributed by atoms with Crippen LogP contribution in [0.1, 0.15) is 19.3 Å². The van der Waals surface area contributed by atoms with Gasteiger partial charge < -0.3 is 5.11 Å². The molecule has 1 fully saturated rings. The second-order valence-corrected chi connectivity index (χ2v) is 10.9. The van der Waals surface area contributed by atoms with Crippen molar-refractivity contribution in [1.82, 2.24) is 24.7 Å². The highest BCUT2D eigenvalue weighted by molar-refractivity contribution is 7.88. The molecule has 0 spiro atoms. The third-order valence-corrected chi connectivity index (χ3v) is 9.25. The molecule has 160 valence electrons. The first kappa shape index (κ1) is 19.5. The van der Waals surface area contributed by atoms with Gasteiger partial charge in [-0.05, 0) is 37.1 Å². The first-order valence-electron chi connectivity index (χ1n) is 10.4. The van der Waals surface area contributed by atoms with Crippen molar-refractivity contribution in [2.45, 2.75) is 28.7 Å². The quantitative estimate of drug-likeness (QED) is 0.418. The lowest BCUT2D eigenvalue weighted by Gasteiger charge is -2.23. The highest BCUT2D eigenvalue weighted by atomic mass is 32.2. The van der Waals surface area contributed by atoms with E-state index in [0.29, 0.717) is 14.4 Å². The lowest BCUT2D eigenvalue weighted by Crippen LogP contribution is -2.22. The van der Waals surface area contributed by atoms with Gasteiger partial charge in [-0.25, -0.2) is 4.98 Å². The Morgan fingerprint density at radius 2 is 1.91 bits per heavy atom. The van der Waals surface area contributed by atoms with Crippen LogP contribution in [0.5, 0.6) is 5.75 Å². The number of pyridine rings is 1. The van der Waals surface area contributed by atoms with Crippen LogP contribution >= 0.6 is 11.3 Å². The number of thiophene rings is 1. The van der Waals surface area contributed by atoms with Gasteiger partial charge in [0.15, 0.2) is 5.75 Å². The summed E-state index contributed by atoms with van der Waals surface area (Å²) < 4.78 is 15.4. The minimum atomic E-state index is -1.23. The number of aryl methyl sites for hydroxylation is 1. The Morgan fingerprint density at radius 3 is 2.62 bits per heavy atom. The monoisotopic (exact) mass is 461 g/mol. The van der Waals surface area contributed by atoms with Crippen molar-refractivity contribution in [1.29, 1.82) is 0 Å². The number of aromatic hydroxyl groups is 1. The Morgan fingerprint density at radius 1 is 1.09 bits per heavy atom. The molecule has 1 N–H and O–H groups in total. The fraction of sp³-hybridized carbons (Fsp3) is 0.217. The number of fused-ring (bicyclic) bond motifs is 2. The van der Waals surface area contributed by atoms with Gasteiger partial charge in [0.25, 0.3) is 0 Å². The number of hydrogen-bond acceptors (Lipinski definition) is 7. The maximum atomic E-state index is 13.1. The average molecular weight is 462 g/mol. The zero-order valence-corrected chi connectivity index (χ0v) is 18.9. The Kier molecular flexibility index (Phi) is 4.55. The van der Waals surface area contributed by atoms with Crippen molar-refractivity contribution in [3.05, 3.63) is 48.9 Å². The van der Waals surface area contributed by atoms with Gasteiger partial charge in [0.05, 0.1) is 38.6 Å². The normalized spacial score (nSPS) is 15.3. The Balaban J connectivity index is 1.60. The summed E-state index contributed by atoms with van der Waals surface area (Å²) in [5, 5.41) is 16.2. The predicted molar refractivity (Wildman–Crippen MR) is 126 cm³/mol. The minimum Gasteiger partial charge on any atom is -0.505 e. The molecule has 4 aromatic heterocycles. The van der Waals surface area contributed by atoms with Crippen molar-refractivity contribution in [3.8, 4) is 28.3 Å². The van der Waals surface area contributed by atoms with Crippen molar-refractivity contribution < 1.29 is 9.32 Å². The molecular formula is C23H19N5O2S2. The van der Waals surface area contributed by atoms with Gasteiger partial charge in [-0.3, -0.25) is 18.9 Å². The molecule has 32 heavy (non-hydrogen) atoms. The average Bonchev–Trinajstić information content (AvgIpc) is 3.34. The van der Waals surface area contributed by atoms with E-state index >= 15 is 0 Å². The van der Waals surface area contributed by atoms with Crippen LogP contribution in [0.15, 0.2) is 53.1 Å². The van der Waals surface area contributed by atoms with Crippen molar-refractivity contribution in [2.24, 2.45) is 7.05 Å². The molecular weight excluding hydrogens is 442 g/mol. The number of nitrogens with zero attached hydrogens (tertiary/aromatic N) is 5. The molecule has 0 bridgehead atoms. The highest BCUT2D eigenvalue weighted by Gasteiger charge is 2.30. The van der Waals surface area contributed by atoms with E-state index in [1.54, 1.807) is 23.3 Å². The van der Waals surface area contributed by atoms with E-state index < -0.39 is 10.8 Å². The maximum Gasteiger partial charge on any atom is 0.152 e. The topological polar surface area (TPSA) is 93.8 Å². The summed E-state index contributed by atoms with van der Waals surface area (Å²) in [5.74, 6) is 0.0786. The van der Waals surface area contributed by atoms with Crippen LogP contribution in [-0.2, 0) is 17.8 Å².